The number of aryl methyl sites for hydroxylation is 1. The minimum absolute atomic E-state index is 0.0631. The van der Waals surface area contributed by atoms with Gasteiger partial charge in [-0.15, -0.1) is 0 Å². The molecule has 3 rings (SSSR count). The van der Waals surface area contributed by atoms with Crippen molar-refractivity contribution in [2.45, 2.75) is 19.9 Å². The van der Waals surface area contributed by atoms with Crippen molar-refractivity contribution in [3.63, 3.8) is 0 Å². The monoisotopic (exact) mass is 310 g/mol. The van der Waals surface area contributed by atoms with Gasteiger partial charge in [0.25, 0.3) is 0 Å². The van der Waals surface area contributed by atoms with E-state index in [9.17, 15) is 4.79 Å². The van der Waals surface area contributed by atoms with Crippen LogP contribution in [0.25, 0.3) is 6.08 Å². The van der Waals surface area contributed by atoms with Gasteiger partial charge in [0, 0.05) is 29.7 Å². The van der Waals surface area contributed by atoms with Crippen LogP contribution in [0.2, 0.25) is 0 Å². The molecule has 0 unspecified atom stereocenters. The van der Waals surface area contributed by atoms with Gasteiger partial charge in [-0.25, -0.2) is 4.57 Å². The zero-order valence-corrected chi connectivity index (χ0v) is 13.6. The minimum atomic E-state index is 0.0631. The van der Waals surface area contributed by atoms with E-state index >= 15 is 0 Å². The third-order valence-electron chi connectivity index (χ3n) is 4.15. The second kappa shape index (κ2) is 6.24. The molecule has 0 fully saturated rings. The topological polar surface area (TPSA) is 39.4 Å². The maximum absolute atomic E-state index is 12.6. The number of ether oxygens (including phenoxy) is 2. The van der Waals surface area contributed by atoms with E-state index in [1.165, 1.54) is 0 Å². The molecule has 23 heavy (non-hydrogen) atoms. The molecule has 4 nitrogen and oxygen atoms in total. The first kappa shape index (κ1) is 15.3. The van der Waals surface area contributed by atoms with Crippen LogP contribution >= 0.6 is 0 Å². The number of allylic oxidation sites excluding steroid dienone is 1. The fraction of sp³-hybridized carbons (Fsp3) is 0.263. The first-order valence-corrected chi connectivity index (χ1v) is 7.65. The van der Waals surface area contributed by atoms with Gasteiger partial charge in [0.15, 0.2) is 29.7 Å². The van der Waals surface area contributed by atoms with E-state index in [0.717, 1.165) is 23.2 Å². The van der Waals surface area contributed by atoms with Crippen LogP contribution in [-0.2, 0) is 13.0 Å². The van der Waals surface area contributed by atoms with Crippen LogP contribution < -0.4 is 14.0 Å². The fourth-order valence-electron chi connectivity index (χ4n) is 2.83. The number of Topliss-reactive ketones (excluding diaryl/α,β-unsaturated/α-hetero) is 1. The van der Waals surface area contributed by atoms with Crippen molar-refractivity contribution >= 4 is 11.9 Å². The van der Waals surface area contributed by atoms with Crippen molar-refractivity contribution in [3.05, 3.63) is 58.9 Å². The molecule has 0 N–H and O–H groups in total. The van der Waals surface area contributed by atoms with Crippen LogP contribution in [0.5, 0.6) is 11.5 Å². The van der Waals surface area contributed by atoms with Crippen LogP contribution in [0.3, 0.4) is 0 Å². The Morgan fingerprint density at radius 2 is 1.78 bits per heavy atom. The molecule has 118 valence electrons. The molecule has 0 saturated heterocycles. The Balaban J connectivity index is 1.94. The van der Waals surface area contributed by atoms with Crippen LogP contribution in [0.15, 0.2) is 42.2 Å². The summed E-state index contributed by atoms with van der Waals surface area (Å²) in [5.41, 5.74) is 3.52. The van der Waals surface area contributed by atoms with Gasteiger partial charge in [-0.2, -0.15) is 0 Å². The zero-order chi connectivity index (χ0) is 16.4. The minimum Gasteiger partial charge on any atom is -0.493 e. The van der Waals surface area contributed by atoms with Crippen molar-refractivity contribution in [3.8, 4) is 11.5 Å². The maximum atomic E-state index is 12.6. The third kappa shape index (κ3) is 2.84. The Bertz CT molecular complexity index is 776. The predicted molar refractivity (Wildman–Crippen MR) is 87.9 cm³/mol. The summed E-state index contributed by atoms with van der Waals surface area (Å²) in [6.07, 6.45) is 6.62. The molecule has 0 amide bonds. The lowest BCUT2D eigenvalue weighted by molar-refractivity contribution is -0.693. The number of hydrogen-bond acceptors (Lipinski definition) is 3. The molecule has 0 aliphatic heterocycles. The van der Waals surface area contributed by atoms with E-state index in [0.29, 0.717) is 23.5 Å². The highest BCUT2D eigenvalue weighted by Crippen LogP contribution is 2.36. The summed E-state index contributed by atoms with van der Waals surface area (Å²) < 4.78 is 12.7. The molecule has 0 atom stereocenters. The number of benzene rings is 1. The molecule has 1 aliphatic carbocycles. The lowest BCUT2D eigenvalue weighted by atomic mass is 10.1. The number of methoxy groups -OCH3 is 2. The van der Waals surface area contributed by atoms with Crippen molar-refractivity contribution in [1.29, 1.82) is 0 Å². The number of hydrogen-bond donors (Lipinski definition) is 0. The Kier molecular flexibility index (Phi) is 4.15. The number of aromatic nitrogens is 1. The highest BCUT2D eigenvalue weighted by atomic mass is 16.5. The van der Waals surface area contributed by atoms with Gasteiger partial charge in [-0.1, -0.05) is 0 Å². The lowest BCUT2D eigenvalue weighted by Crippen LogP contribution is -2.30. The number of nitrogens with zero attached hydrogens (tertiary/aromatic N) is 1. The number of carbonyl (C=O) groups is 1. The third-order valence-corrected chi connectivity index (χ3v) is 4.15. The van der Waals surface area contributed by atoms with Crippen LogP contribution in [0.4, 0.5) is 0 Å². The Labute approximate surface area is 136 Å². The Morgan fingerprint density at radius 3 is 2.39 bits per heavy atom. The molecular formula is C19H20NO3+. The summed E-state index contributed by atoms with van der Waals surface area (Å²) in [5.74, 6) is 1.31. The smallest absolute Gasteiger partial charge is 0.189 e. The molecule has 0 radical (unpaired) electrons. The average molecular weight is 310 g/mol. The van der Waals surface area contributed by atoms with Gasteiger partial charge >= 0.3 is 0 Å². The molecule has 0 saturated carbocycles. The Morgan fingerprint density at radius 1 is 1.13 bits per heavy atom. The standard InChI is InChI=1S/C19H20NO3/c1-4-20-7-5-13(6-8-20)9-15-10-14-11-17(22-2)18(23-3)12-16(14)19(15)21/h5-9,11-12H,4,10H2,1-3H3/q+1. The van der Waals surface area contributed by atoms with Crippen LogP contribution in [0, 0.1) is 0 Å². The number of carbonyl (C=O) groups excluding carboxylic acids is 1. The van der Waals surface area contributed by atoms with Gasteiger partial charge in [0.05, 0.1) is 14.2 Å². The highest BCUT2D eigenvalue weighted by molar-refractivity contribution is 6.15. The first-order valence-electron chi connectivity index (χ1n) is 7.65. The molecule has 1 aliphatic rings. The summed E-state index contributed by atoms with van der Waals surface area (Å²) >= 11 is 0. The van der Waals surface area contributed by atoms with E-state index in [1.54, 1.807) is 20.3 Å². The van der Waals surface area contributed by atoms with Gasteiger partial charge in [0.2, 0.25) is 0 Å². The molecule has 1 aromatic carbocycles. The fourth-order valence-corrected chi connectivity index (χ4v) is 2.83. The molecule has 2 aromatic rings. The molecule has 1 aromatic heterocycles. The van der Waals surface area contributed by atoms with Gasteiger partial charge in [0.1, 0.15) is 6.54 Å². The highest BCUT2D eigenvalue weighted by Gasteiger charge is 2.27. The normalized spacial score (nSPS) is 14.9. The van der Waals surface area contributed by atoms with Crippen molar-refractivity contribution in [2.24, 2.45) is 0 Å². The summed E-state index contributed by atoms with van der Waals surface area (Å²) in [6, 6.07) is 7.71. The Hall–Kier alpha value is -2.62. The lowest BCUT2D eigenvalue weighted by Gasteiger charge is -2.08. The SMILES string of the molecule is CC[n+]1ccc(C=C2Cc3cc(OC)c(OC)cc3C2=O)cc1. The van der Waals surface area contributed by atoms with E-state index in [2.05, 4.69) is 11.5 Å². The predicted octanol–water partition coefficient (Wildman–Crippen LogP) is 2.83. The van der Waals surface area contributed by atoms with Crippen LogP contribution in [-0.4, -0.2) is 20.0 Å². The molecule has 0 bridgehead atoms. The van der Waals surface area contributed by atoms with Gasteiger partial charge < -0.3 is 9.47 Å². The summed E-state index contributed by atoms with van der Waals surface area (Å²) in [7, 11) is 3.18. The van der Waals surface area contributed by atoms with E-state index in [-0.39, 0.29) is 5.78 Å². The molecule has 1 heterocycles. The molecule has 0 spiro atoms. The van der Waals surface area contributed by atoms with Crippen molar-refractivity contribution in [2.75, 3.05) is 14.2 Å². The average Bonchev–Trinajstić information content (AvgIpc) is 2.89. The summed E-state index contributed by atoms with van der Waals surface area (Å²) in [4.78, 5) is 12.6. The van der Waals surface area contributed by atoms with Gasteiger partial charge in [-0.3, -0.25) is 4.79 Å². The summed E-state index contributed by atoms with van der Waals surface area (Å²) in [6.45, 7) is 3.02. The number of pyridine rings is 1. The second-order valence-corrected chi connectivity index (χ2v) is 5.50. The number of ketones is 1. The maximum Gasteiger partial charge on any atom is 0.189 e. The largest absolute Gasteiger partial charge is 0.493 e. The number of fused-ring (bicyclic) bond motifs is 1. The first-order chi connectivity index (χ1) is 11.2. The quantitative estimate of drug-likeness (QED) is 0.644. The second-order valence-electron chi connectivity index (χ2n) is 5.50. The molecule has 4 heteroatoms. The van der Waals surface area contributed by atoms with E-state index in [4.69, 9.17) is 9.47 Å². The van der Waals surface area contributed by atoms with Crippen LogP contribution in [0.1, 0.15) is 28.4 Å². The van der Waals surface area contributed by atoms with E-state index in [1.807, 2.05) is 36.7 Å². The van der Waals surface area contributed by atoms with Gasteiger partial charge in [-0.05, 0) is 36.3 Å². The van der Waals surface area contributed by atoms with E-state index < -0.39 is 0 Å². The van der Waals surface area contributed by atoms with Crippen molar-refractivity contribution in [1.82, 2.24) is 0 Å². The number of rotatable bonds is 4. The summed E-state index contributed by atoms with van der Waals surface area (Å²) in [5, 5.41) is 0. The van der Waals surface area contributed by atoms with Crippen molar-refractivity contribution < 1.29 is 18.8 Å². The molecular weight excluding hydrogens is 290 g/mol. The zero-order valence-electron chi connectivity index (χ0n) is 13.6.